The maximum atomic E-state index is 5.42. The maximum Gasteiger partial charge on any atom is 0.240 e. The highest BCUT2D eigenvalue weighted by atomic mass is 32.2. The Morgan fingerprint density at radius 2 is 1.89 bits per heavy atom. The van der Waals surface area contributed by atoms with Gasteiger partial charge in [0.15, 0.2) is 4.34 Å². The molecule has 7 nitrogen and oxygen atoms in total. The lowest BCUT2D eigenvalue weighted by atomic mass is 10.1. The number of nitrogens with zero attached hydrogens (tertiary/aromatic N) is 5. The molecule has 9 heteroatoms. The second-order valence-corrected chi connectivity index (χ2v) is 8.81. The fourth-order valence-electron chi connectivity index (χ4n) is 2.47. The molecule has 142 valence electrons. The van der Waals surface area contributed by atoms with Crippen LogP contribution >= 0.6 is 23.1 Å². The summed E-state index contributed by atoms with van der Waals surface area (Å²) >= 11 is 3.03. The molecule has 1 aromatic carbocycles. The highest BCUT2D eigenvalue weighted by Gasteiger charge is 2.19. The molecule has 0 unspecified atom stereocenters. The van der Waals surface area contributed by atoms with Crippen molar-refractivity contribution in [2.24, 2.45) is 0 Å². The number of aryl methyl sites for hydroxylation is 2. The van der Waals surface area contributed by atoms with E-state index in [4.69, 9.17) is 4.52 Å². The fraction of sp³-hybridized carbons (Fsp3) is 0.211. The molecule has 0 aliphatic carbocycles. The first-order valence-electron chi connectivity index (χ1n) is 8.67. The SMILES string of the molecule is Cc1ccc(Nc2nnc(S[C@@H](C)c3nc(-c4ccncc4)no3)s2)cc1C. The van der Waals surface area contributed by atoms with Gasteiger partial charge in [-0.3, -0.25) is 4.98 Å². The molecule has 0 bridgehead atoms. The molecule has 4 aromatic rings. The Morgan fingerprint density at radius 1 is 1.07 bits per heavy atom. The third-order valence-corrected chi connectivity index (χ3v) is 6.18. The molecule has 28 heavy (non-hydrogen) atoms. The molecule has 0 amide bonds. The molecular weight excluding hydrogens is 392 g/mol. The van der Waals surface area contributed by atoms with Crippen LogP contribution in [0.5, 0.6) is 0 Å². The van der Waals surface area contributed by atoms with Gasteiger partial charge in [-0.2, -0.15) is 4.98 Å². The van der Waals surface area contributed by atoms with Gasteiger partial charge in [-0.1, -0.05) is 34.3 Å². The van der Waals surface area contributed by atoms with Crippen LogP contribution in [0.3, 0.4) is 0 Å². The zero-order chi connectivity index (χ0) is 19.5. The number of nitrogens with one attached hydrogen (secondary N) is 1. The van der Waals surface area contributed by atoms with E-state index in [-0.39, 0.29) is 5.25 Å². The summed E-state index contributed by atoms with van der Waals surface area (Å²) in [5.41, 5.74) is 4.37. The van der Waals surface area contributed by atoms with Crippen molar-refractivity contribution >= 4 is 33.9 Å². The van der Waals surface area contributed by atoms with E-state index in [1.54, 1.807) is 12.4 Å². The van der Waals surface area contributed by atoms with Crippen molar-refractivity contribution in [1.29, 1.82) is 0 Å². The number of thioether (sulfide) groups is 1. The smallest absolute Gasteiger partial charge is 0.240 e. The number of hydrogen-bond donors (Lipinski definition) is 1. The monoisotopic (exact) mass is 410 g/mol. The van der Waals surface area contributed by atoms with Crippen LogP contribution in [0.2, 0.25) is 0 Å². The lowest BCUT2D eigenvalue weighted by Gasteiger charge is -2.05. The van der Waals surface area contributed by atoms with Crippen LogP contribution in [-0.4, -0.2) is 25.3 Å². The Kier molecular flexibility index (Phi) is 5.36. The highest BCUT2D eigenvalue weighted by molar-refractivity contribution is 8.01. The van der Waals surface area contributed by atoms with Crippen LogP contribution in [0, 0.1) is 13.8 Å². The zero-order valence-electron chi connectivity index (χ0n) is 15.6. The predicted molar refractivity (Wildman–Crippen MR) is 111 cm³/mol. The van der Waals surface area contributed by atoms with Gasteiger partial charge in [0.25, 0.3) is 0 Å². The Morgan fingerprint density at radius 3 is 2.68 bits per heavy atom. The van der Waals surface area contributed by atoms with E-state index in [1.807, 2.05) is 25.1 Å². The third-order valence-electron chi connectivity index (χ3n) is 4.17. The highest BCUT2D eigenvalue weighted by Crippen LogP contribution is 2.37. The molecular formula is C19H18N6OS2. The molecule has 1 atom stereocenters. The molecule has 1 N–H and O–H groups in total. The van der Waals surface area contributed by atoms with Crippen molar-refractivity contribution in [3.05, 3.63) is 59.7 Å². The van der Waals surface area contributed by atoms with Crippen LogP contribution in [0.1, 0.15) is 29.2 Å². The second-order valence-electron chi connectivity index (χ2n) is 6.25. The summed E-state index contributed by atoms with van der Waals surface area (Å²) in [6.07, 6.45) is 3.41. The lowest BCUT2D eigenvalue weighted by molar-refractivity contribution is 0.381. The summed E-state index contributed by atoms with van der Waals surface area (Å²) in [5, 5.41) is 16.6. The Bertz CT molecular complexity index is 1080. The molecule has 0 saturated heterocycles. The van der Waals surface area contributed by atoms with Gasteiger partial charge < -0.3 is 9.84 Å². The average Bonchev–Trinajstić information content (AvgIpc) is 3.35. The minimum atomic E-state index is -0.0366. The summed E-state index contributed by atoms with van der Waals surface area (Å²) in [6.45, 7) is 6.19. The van der Waals surface area contributed by atoms with Crippen LogP contribution in [0.4, 0.5) is 10.8 Å². The fourth-order valence-corrected chi connectivity index (χ4v) is 4.42. The Hall–Kier alpha value is -2.78. The van der Waals surface area contributed by atoms with E-state index in [0.717, 1.165) is 20.7 Å². The molecule has 0 aliphatic rings. The van der Waals surface area contributed by atoms with Gasteiger partial charge in [-0.15, -0.1) is 10.2 Å². The predicted octanol–water partition coefficient (Wildman–Crippen LogP) is 5.20. The number of hydrogen-bond acceptors (Lipinski definition) is 9. The van der Waals surface area contributed by atoms with E-state index in [1.165, 1.54) is 34.2 Å². The molecule has 0 aliphatic heterocycles. The molecule has 3 aromatic heterocycles. The number of anilines is 2. The minimum absolute atomic E-state index is 0.0366. The number of benzene rings is 1. The number of rotatable bonds is 6. The van der Waals surface area contributed by atoms with E-state index in [0.29, 0.717) is 11.7 Å². The third kappa shape index (κ3) is 4.20. The van der Waals surface area contributed by atoms with Crippen molar-refractivity contribution < 1.29 is 4.52 Å². The standard InChI is InChI=1S/C19H18N6OS2/c1-11-4-5-15(10-12(11)2)21-18-23-24-19(28-18)27-13(3)17-22-16(25-26-17)14-6-8-20-9-7-14/h4-10,13H,1-3H3,(H,21,23)/t13-/m0/s1. The lowest BCUT2D eigenvalue weighted by Crippen LogP contribution is -1.91. The van der Waals surface area contributed by atoms with Crippen molar-refractivity contribution in [1.82, 2.24) is 25.3 Å². The molecule has 0 saturated carbocycles. The minimum Gasteiger partial charge on any atom is -0.338 e. The average molecular weight is 411 g/mol. The van der Waals surface area contributed by atoms with Gasteiger partial charge in [0, 0.05) is 23.6 Å². The molecule has 0 radical (unpaired) electrons. The Labute approximate surface area is 170 Å². The van der Waals surface area contributed by atoms with Gasteiger partial charge in [0.05, 0.1) is 5.25 Å². The van der Waals surface area contributed by atoms with Gasteiger partial charge in [0.2, 0.25) is 16.8 Å². The largest absolute Gasteiger partial charge is 0.338 e. The van der Waals surface area contributed by atoms with E-state index in [2.05, 4.69) is 56.6 Å². The summed E-state index contributed by atoms with van der Waals surface area (Å²) in [5.74, 6) is 1.11. The topological polar surface area (TPSA) is 89.6 Å². The van der Waals surface area contributed by atoms with E-state index < -0.39 is 0 Å². The molecule has 0 spiro atoms. The van der Waals surface area contributed by atoms with E-state index in [9.17, 15) is 0 Å². The van der Waals surface area contributed by atoms with Crippen LogP contribution < -0.4 is 5.32 Å². The zero-order valence-corrected chi connectivity index (χ0v) is 17.2. The first kappa shape index (κ1) is 18.6. The van der Waals surface area contributed by atoms with Crippen molar-refractivity contribution in [3.63, 3.8) is 0 Å². The van der Waals surface area contributed by atoms with E-state index >= 15 is 0 Å². The van der Waals surface area contributed by atoms with Crippen molar-refractivity contribution in [3.8, 4) is 11.4 Å². The van der Waals surface area contributed by atoms with Gasteiger partial charge >= 0.3 is 0 Å². The molecule has 4 rings (SSSR count). The maximum absolute atomic E-state index is 5.42. The van der Waals surface area contributed by atoms with Crippen LogP contribution in [0.15, 0.2) is 51.6 Å². The number of aromatic nitrogens is 5. The van der Waals surface area contributed by atoms with Crippen molar-refractivity contribution in [2.75, 3.05) is 5.32 Å². The number of pyridine rings is 1. The molecule has 0 fully saturated rings. The normalized spacial score (nSPS) is 12.1. The summed E-state index contributed by atoms with van der Waals surface area (Å²) in [7, 11) is 0. The quantitative estimate of drug-likeness (QED) is 0.434. The molecule has 3 heterocycles. The summed E-state index contributed by atoms with van der Waals surface area (Å²) in [4.78, 5) is 8.48. The van der Waals surface area contributed by atoms with Gasteiger partial charge in [-0.05, 0) is 56.2 Å². The van der Waals surface area contributed by atoms with Gasteiger partial charge in [-0.25, -0.2) is 0 Å². The van der Waals surface area contributed by atoms with Gasteiger partial charge in [0.1, 0.15) is 0 Å². The van der Waals surface area contributed by atoms with Crippen LogP contribution in [0.25, 0.3) is 11.4 Å². The first-order chi connectivity index (χ1) is 13.6. The summed E-state index contributed by atoms with van der Waals surface area (Å²) < 4.78 is 6.25. The van der Waals surface area contributed by atoms with Crippen LogP contribution in [-0.2, 0) is 0 Å². The van der Waals surface area contributed by atoms with Crippen molar-refractivity contribution in [2.45, 2.75) is 30.4 Å². The Balaban J connectivity index is 1.42. The first-order valence-corrected chi connectivity index (χ1v) is 10.4. The second kappa shape index (κ2) is 8.07. The summed E-state index contributed by atoms with van der Waals surface area (Å²) in [6, 6.07) is 9.93.